The third-order valence-corrected chi connectivity index (χ3v) is 7.13. The molecule has 0 bridgehead atoms. The molecular weight excluding hydrogens is 574 g/mol. The van der Waals surface area contributed by atoms with Crippen LogP contribution in [0.4, 0.5) is 0 Å². The number of hydrogen-bond donors (Lipinski definition) is 10. The van der Waals surface area contributed by atoms with Gasteiger partial charge in [0.25, 0.3) is 0 Å². The molecule has 3 heterocycles. The van der Waals surface area contributed by atoms with E-state index in [9.17, 15) is 54.1 Å². The van der Waals surface area contributed by atoms with Crippen molar-refractivity contribution in [3.63, 3.8) is 0 Å². The van der Waals surface area contributed by atoms with Crippen LogP contribution in [0.2, 0.25) is 0 Å². The second kappa shape index (κ2) is 13.4. The quantitative estimate of drug-likeness (QED) is 0.109. The Bertz CT molecular complexity index is 956. The van der Waals surface area contributed by atoms with Gasteiger partial charge in [-0.25, -0.2) is 4.18 Å². The predicted octanol–water partition coefficient (Wildman–Crippen LogP) is -6.57. The van der Waals surface area contributed by atoms with Crippen LogP contribution in [0.5, 0.6) is 0 Å². The molecule has 10 N–H and O–H groups in total. The van der Waals surface area contributed by atoms with Gasteiger partial charge in [0, 0.05) is 6.92 Å². The Morgan fingerprint density at radius 3 is 1.90 bits per heavy atom. The second-order valence-electron chi connectivity index (χ2n) is 9.55. The maximum atomic E-state index is 11.9. The van der Waals surface area contributed by atoms with Crippen LogP contribution in [-0.2, 0) is 43.1 Å². The lowest BCUT2D eigenvalue weighted by atomic mass is 9.94. The number of carbonyl (C=O) groups excluding carboxylic acids is 1. The molecule has 0 aromatic carbocycles. The summed E-state index contributed by atoms with van der Waals surface area (Å²) in [7, 11) is -5.25. The Hall–Kier alpha value is -1.18. The van der Waals surface area contributed by atoms with Crippen molar-refractivity contribution in [2.45, 2.75) is 106 Å². The van der Waals surface area contributed by atoms with Gasteiger partial charge >= 0.3 is 10.4 Å². The summed E-state index contributed by atoms with van der Waals surface area (Å²) >= 11 is 0. The molecule has 20 heteroatoms. The van der Waals surface area contributed by atoms with Gasteiger partial charge in [-0.05, 0) is 6.92 Å². The summed E-state index contributed by atoms with van der Waals surface area (Å²) in [6, 6.07) is -1.56. The van der Waals surface area contributed by atoms with E-state index < -0.39 is 122 Å². The van der Waals surface area contributed by atoms with Crippen molar-refractivity contribution >= 4 is 16.3 Å². The van der Waals surface area contributed by atoms with Crippen LogP contribution >= 0.6 is 0 Å². The number of aliphatic hydroxyl groups excluding tert-OH is 8. The van der Waals surface area contributed by atoms with Gasteiger partial charge in [0.2, 0.25) is 5.91 Å². The fraction of sp³-hybridized carbons (Fsp3) is 0.950. The Balaban J connectivity index is 1.97. The second-order valence-corrected chi connectivity index (χ2v) is 10.6. The zero-order chi connectivity index (χ0) is 30.1. The third kappa shape index (κ3) is 7.42. The first-order chi connectivity index (χ1) is 18.6. The monoisotopic (exact) mass is 609 g/mol. The molecule has 0 unspecified atom stereocenters. The van der Waals surface area contributed by atoms with E-state index >= 15 is 0 Å². The summed E-state index contributed by atoms with van der Waals surface area (Å²) in [5.74, 6) is -0.732. The van der Waals surface area contributed by atoms with E-state index in [1.54, 1.807) is 0 Å². The van der Waals surface area contributed by atoms with Crippen LogP contribution in [0.15, 0.2) is 0 Å². The first-order valence-corrected chi connectivity index (χ1v) is 13.5. The SMILES string of the molecule is CC(=O)N[C@@H]1[C@@H](O[C@@H]2O[C@H](CO)[C@H](O)[C@H](OS(=O)(=O)O)[C@H]2O)[C@H](O[C@@H]2O[C@@H](C)[C@@H](O)[C@@H](O)[C@@H]2O)[C@@H](CO)O[C@@H]1O. The minimum atomic E-state index is -5.25. The van der Waals surface area contributed by atoms with E-state index in [0.717, 1.165) is 6.92 Å². The van der Waals surface area contributed by atoms with E-state index in [-0.39, 0.29) is 0 Å². The number of carbonyl (C=O) groups is 1. The molecule has 3 rings (SSSR count). The average Bonchev–Trinajstić information content (AvgIpc) is 2.87. The number of rotatable bonds is 9. The van der Waals surface area contributed by atoms with Crippen LogP contribution in [0.3, 0.4) is 0 Å². The zero-order valence-corrected chi connectivity index (χ0v) is 22.0. The molecule has 3 fully saturated rings. The van der Waals surface area contributed by atoms with E-state index in [1.807, 2.05) is 0 Å². The number of hydrogen-bond acceptors (Lipinski definition) is 17. The van der Waals surface area contributed by atoms with E-state index in [4.69, 9.17) is 28.2 Å². The van der Waals surface area contributed by atoms with Crippen molar-refractivity contribution in [2.75, 3.05) is 13.2 Å². The standard InChI is InChI=1S/C20H35NO18S/c1-5-10(25)12(27)13(28)19(34-5)37-15-8(4-23)35-18(30)9(21-6(2)24)16(15)38-20-14(29)17(39-40(31,32)33)11(26)7(3-22)36-20/h5,7-20,22-23,25-30H,3-4H2,1-2H3,(H,21,24)(H,31,32,33)/t5-,7+,8+,9+,10+,11-,12+,13-,14+,15+,16+,17-,18-,19-,20-/m0/s1. The van der Waals surface area contributed by atoms with Gasteiger partial charge in [-0.15, -0.1) is 0 Å². The van der Waals surface area contributed by atoms with E-state index in [1.165, 1.54) is 6.92 Å². The molecule has 0 aromatic rings. The molecule has 15 atom stereocenters. The smallest absolute Gasteiger partial charge is 0.394 e. The number of amides is 1. The summed E-state index contributed by atoms with van der Waals surface area (Å²) < 4.78 is 63.6. The van der Waals surface area contributed by atoms with Crippen molar-refractivity contribution < 1.29 is 86.5 Å². The maximum Gasteiger partial charge on any atom is 0.397 e. The molecule has 19 nitrogen and oxygen atoms in total. The van der Waals surface area contributed by atoms with Gasteiger partial charge in [0.1, 0.15) is 67.1 Å². The van der Waals surface area contributed by atoms with Crippen LogP contribution in [0.1, 0.15) is 13.8 Å². The number of nitrogens with one attached hydrogen (secondary N) is 1. The molecule has 0 aromatic heterocycles. The van der Waals surface area contributed by atoms with Crippen LogP contribution in [0.25, 0.3) is 0 Å². The summed E-state index contributed by atoms with van der Waals surface area (Å²) in [5.41, 5.74) is 0. The number of aliphatic hydroxyl groups is 8. The third-order valence-electron chi connectivity index (χ3n) is 6.66. The molecular formula is C20H35NO18S. The first kappa shape index (κ1) is 33.3. The maximum absolute atomic E-state index is 11.9. The van der Waals surface area contributed by atoms with Crippen molar-refractivity contribution in [1.82, 2.24) is 5.32 Å². The van der Waals surface area contributed by atoms with Gasteiger partial charge in [-0.2, -0.15) is 8.42 Å². The fourth-order valence-electron chi connectivity index (χ4n) is 4.64. The highest BCUT2D eigenvalue weighted by Crippen LogP contribution is 2.33. The van der Waals surface area contributed by atoms with Crippen molar-refractivity contribution in [3.8, 4) is 0 Å². The molecule has 0 spiro atoms. The zero-order valence-electron chi connectivity index (χ0n) is 21.2. The first-order valence-electron chi connectivity index (χ1n) is 12.1. The Morgan fingerprint density at radius 1 is 0.775 bits per heavy atom. The molecule has 1 amide bonds. The van der Waals surface area contributed by atoms with Gasteiger partial charge in [0.05, 0.1) is 19.3 Å². The van der Waals surface area contributed by atoms with Gasteiger partial charge in [-0.1, -0.05) is 0 Å². The van der Waals surface area contributed by atoms with Crippen molar-refractivity contribution in [2.24, 2.45) is 0 Å². The van der Waals surface area contributed by atoms with Crippen LogP contribution < -0.4 is 5.32 Å². The van der Waals surface area contributed by atoms with Crippen LogP contribution in [0, 0.1) is 0 Å². The molecule has 234 valence electrons. The minimum absolute atomic E-state index is 0.732. The molecule has 3 aliphatic rings. The highest BCUT2D eigenvalue weighted by Gasteiger charge is 2.55. The summed E-state index contributed by atoms with van der Waals surface area (Å²) in [5, 5.41) is 84.0. The normalized spacial score (nSPS) is 46.6. The van der Waals surface area contributed by atoms with E-state index in [0.29, 0.717) is 0 Å². The number of ether oxygens (including phenoxy) is 5. The van der Waals surface area contributed by atoms with Crippen molar-refractivity contribution in [3.05, 3.63) is 0 Å². The molecule has 3 aliphatic heterocycles. The lowest BCUT2D eigenvalue weighted by Crippen LogP contribution is -2.69. The van der Waals surface area contributed by atoms with Gasteiger partial charge in [-0.3, -0.25) is 9.35 Å². The Labute approximate surface area is 227 Å². The molecule has 0 saturated carbocycles. The molecule has 40 heavy (non-hydrogen) atoms. The summed E-state index contributed by atoms with van der Waals surface area (Å²) in [6.45, 7) is 0.602. The minimum Gasteiger partial charge on any atom is -0.394 e. The highest BCUT2D eigenvalue weighted by molar-refractivity contribution is 7.80. The summed E-state index contributed by atoms with van der Waals surface area (Å²) in [4.78, 5) is 11.9. The average molecular weight is 610 g/mol. The molecule has 0 aliphatic carbocycles. The van der Waals surface area contributed by atoms with Crippen molar-refractivity contribution in [1.29, 1.82) is 0 Å². The van der Waals surface area contributed by atoms with Gasteiger partial charge in [0.15, 0.2) is 18.9 Å². The highest BCUT2D eigenvalue weighted by atomic mass is 32.3. The van der Waals surface area contributed by atoms with Gasteiger partial charge < -0.3 is 69.9 Å². The Kier molecular flexibility index (Phi) is 11.2. The fourth-order valence-corrected chi connectivity index (χ4v) is 5.15. The lowest BCUT2D eigenvalue weighted by molar-refractivity contribution is -0.369. The molecule has 3 saturated heterocycles. The molecule has 0 radical (unpaired) electrons. The topological polar surface area (TPSA) is 301 Å². The largest absolute Gasteiger partial charge is 0.397 e. The Morgan fingerprint density at radius 2 is 1.35 bits per heavy atom. The van der Waals surface area contributed by atoms with Crippen LogP contribution in [-0.4, -0.2) is 165 Å². The predicted molar refractivity (Wildman–Crippen MR) is 122 cm³/mol. The van der Waals surface area contributed by atoms with E-state index in [2.05, 4.69) is 9.50 Å². The summed E-state index contributed by atoms with van der Waals surface area (Å²) in [6.07, 6.45) is -24.5. The lowest BCUT2D eigenvalue weighted by Gasteiger charge is -2.49.